The van der Waals surface area contributed by atoms with E-state index in [1.807, 2.05) is 7.05 Å². The lowest BCUT2D eigenvalue weighted by Crippen LogP contribution is -2.38. The zero-order valence-electron chi connectivity index (χ0n) is 12.1. The van der Waals surface area contributed by atoms with Gasteiger partial charge in [0.1, 0.15) is 0 Å². The molecule has 2 N–H and O–H groups in total. The van der Waals surface area contributed by atoms with Gasteiger partial charge in [0.2, 0.25) is 0 Å². The summed E-state index contributed by atoms with van der Waals surface area (Å²) in [5.74, 6) is 0.866. The zero-order valence-corrected chi connectivity index (χ0v) is 15.3. The summed E-state index contributed by atoms with van der Waals surface area (Å²) < 4.78 is 5.60. The van der Waals surface area contributed by atoms with Crippen molar-refractivity contribution in [2.45, 2.75) is 38.8 Å². The van der Waals surface area contributed by atoms with Gasteiger partial charge in [-0.05, 0) is 43.2 Å². The van der Waals surface area contributed by atoms with Crippen LogP contribution in [-0.2, 0) is 11.3 Å². The van der Waals surface area contributed by atoms with Crippen LogP contribution < -0.4 is 10.6 Å². The molecular formula is C14H24IN3OS. The summed E-state index contributed by atoms with van der Waals surface area (Å²) in [5.41, 5.74) is 1.34. The van der Waals surface area contributed by atoms with Gasteiger partial charge in [-0.2, -0.15) is 0 Å². The molecule has 114 valence electrons. The summed E-state index contributed by atoms with van der Waals surface area (Å²) in [4.78, 5) is 5.60. The maximum Gasteiger partial charge on any atom is 0.191 e. The highest BCUT2D eigenvalue weighted by atomic mass is 127. The minimum atomic E-state index is 0. The van der Waals surface area contributed by atoms with Gasteiger partial charge in [-0.15, -0.1) is 35.3 Å². The van der Waals surface area contributed by atoms with Gasteiger partial charge in [-0.3, -0.25) is 4.99 Å². The van der Waals surface area contributed by atoms with Gasteiger partial charge in [0, 0.05) is 25.1 Å². The Kier molecular flexibility index (Phi) is 8.47. The van der Waals surface area contributed by atoms with Crippen molar-refractivity contribution in [3.05, 3.63) is 21.9 Å². The molecule has 1 aromatic rings. The Morgan fingerprint density at radius 3 is 2.95 bits per heavy atom. The highest BCUT2D eigenvalue weighted by molar-refractivity contribution is 14.0. The molecule has 1 aliphatic heterocycles. The first kappa shape index (κ1) is 17.7. The summed E-state index contributed by atoms with van der Waals surface area (Å²) >= 11 is 1.78. The predicted octanol–water partition coefficient (Wildman–Crippen LogP) is 2.91. The van der Waals surface area contributed by atoms with Gasteiger partial charge in [0.25, 0.3) is 0 Å². The van der Waals surface area contributed by atoms with Crippen LogP contribution in [0.15, 0.2) is 16.4 Å². The van der Waals surface area contributed by atoms with Crippen LogP contribution in [-0.4, -0.2) is 32.3 Å². The normalized spacial score (nSPS) is 18.7. The van der Waals surface area contributed by atoms with Crippen molar-refractivity contribution in [3.8, 4) is 0 Å². The minimum absolute atomic E-state index is 0. The van der Waals surface area contributed by atoms with E-state index in [-0.39, 0.29) is 24.0 Å². The number of nitrogens with zero attached hydrogens (tertiary/aromatic N) is 1. The molecule has 1 unspecified atom stereocenters. The number of rotatable bonds is 5. The average molecular weight is 409 g/mol. The molecule has 1 saturated heterocycles. The number of nitrogens with one attached hydrogen (secondary N) is 2. The van der Waals surface area contributed by atoms with Crippen molar-refractivity contribution in [2.24, 2.45) is 4.99 Å². The average Bonchev–Trinajstić information content (AvgIpc) is 3.05. The fraction of sp³-hybridized carbons (Fsp3) is 0.643. The smallest absolute Gasteiger partial charge is 0.191 e. The Morgan fingerprint density at radius 1 is 1.50 bits per heavy atom. The first-order valence-electron chi connectivity index (χ1n) is 6.88. The van der Waals surface area contributed by atoms with Crippen molar-refractivity contribution < 1.29 is 4.74 Å². The highest BCUT2D eigenvalue weighted by Crippen LogP contribution is 2.15. The molecule has 20 heavy (non-hydrogen) atoms. The SMILES string of the molecule is CN=C(NCCC1CCCO1)NCc1sccc1C.I. The van der Waals surface area contributed by atoms with Gasteiger partial charge in [-0.25, -0.2) is 0 Å². The summed E-state index contributed by atoms with van der Waals surface area (Å²) in [6.07, 6.45) is 3.89. The van der Waals surface area contributed by atoms with E-state index in [9.17, 15) is 0 Å². The molecule has 0 aliphatic carbocycles. The van der Waals surface area contributed by atoms with Crippen molar-refractivity contribution >= 4 is 41.3 Å². The van der Waals surface area contributed by atoms with E-state index in [1.165, 1.54) is 23.3 Å². The van der Waals surface area contributed by atoms with E-state index >= 15 is 0 Å². The zero-order chi connectivity index (χ0) is 13.5. The lowest BCUT2D eigenvalue weighted by molar-refractivity contribution is 0.105. The van der Waals surface area contributed by atoms with E-state index in [0.29, 0.717) is 6.10 Å². The van der Waals surface area contributed by atoms with Crippen molar-refractivity contribution in [1.29, 1.82) is 0 Å². The van der Waals surface area contributed by atoms with Gasteiger partial charge >= 0.3 is 0 Å². The lowest BCUT2D eigenvalue weighted by Gasteiger charge is -2.13. The number of aryl methyl sites for hydroxylation is 1. The molecule has 6 heteroatoms. The molecule has 2 heterocycles. The Hall–Kier alpha value is -0.340. The maximum absolute atomic E-state index is 5.60. The van der Waals surface area contributed by atoms with Crippen molar-refractivity contribution in [3.63, 3.8) is 0 Å². The number of ether oxygens (including phenoxy) is 1. The summed E-state index contributed by atoms with van der Waals surface area (Å²) in [6.45, 7) is 4.81. The molecule has 0 aromatic carbocycles. The Balaban J connectivity index is 0.00000200. The largest absolute Gasteiger partial charge is 0.378 e. The fourth-order valence-corrected chi connectivity index (χ4v) is 3.04. The van der Waals surface area contributed by atoms with E-state index in [0.717, 1.165) is 32.1 Å². The lowest BCUT2D eigenvalue weighted by atomic mass is 10.2. The van der Waals surface area contributed by atoms with Gasteiger partial charge in [-0.1, -0.05) is 0 Å². The van der Waals surface area contributed by atoms with E-state index in [2.05, 4.69) is 34.0 Å². The first-order chi connectivity index (χ1) is 9.29. The number of aliphatic imine (C=N–C) groups is 1. The highest BCUT2D eigenvalue weighted by Gasteiger charge is 2.14. The molecule has 1 aliphatic rings. The number of halogens is 1. The van der Waals surface area contributed by atoms with Crippen LogP contribution in [0.4, 0.5) is 0 Å². The van der Waals surface area contributed by atoms with Gasteiger partial charge in [0.15, 0.2) is 5.96 Å². The predicted molar refractivity (Wildman–Crippen MR) is 96.3 cm³/mol. The van der Waals surface area contributed by atoms with Crippen LogP contribution >= 0.6 is 35.3 Å². The Morgan fingerprint density at radius 2 is 2.35 bits per heavy atom. The third-order valence-electron chi connectivity index (χ3n) is 3.39. The van der Waals surface area contributed by atoms with E-state index in [4.69, 9.17) is 4.74 Å². The standard InChI is InChI=1S/C14H23N3OS.HI/c1-11-6-9-19-13(11)10-17-14(15-2)16-7-5-12-4-3-8-18-12;/h6,9,12H,3-5,7-8,10H2,1-2H3,(H2,15,16,17);1H. The number of guanidine groups is 1. The molecule has 0 amide bonds. The van der Waals surface area contributed by atoms with Gasteiger partial charge < -0.3 is 15.4 Å². The van der Waals surface area contributed by atoms with E-state index < -0.39 is 0 Å². The topological polar surface area (TPSA) is 45.7 Å². The maximum atomic E-state index is 5.60. The summed E-state index contributed by atoms with van der Waals surface area (Å²) in [5, 5.41) is 8.81. The number of hydrogen-bond donors (Lipinski definition) is 2. The third kappa shape index (κ3) is 5.57. The molecule has 4 nitrogen and oxygen atoms in total. The molecular weight excluding hydrogens is 385 g/mol. The Bertz CT molecular complexity index is 416. The number of hydrogen-bond acceptors (Lipinski definition) is 3. The van der Waals surface area contributed by atoms with Crippen LogP contribution in [0.1, 0.15) is 29.7 Å². The minimum Gasteiger partial charge on any atom is -0.378 e. The molecule has 0 spiro atoms. The fourth-order valence-electron chi connectivity index (χ4n) is 2.19. The molecule has 1 atom stereocenters. The molecule has 0 saturated carbocycles. The molecule has 2 rings (SSSR count). The first-order valence-corrected chi connectivity index (χ1v) is 7.76. The van der Waals surface area contributed by atoms with E-state index in [1.54, 1.807) is 11.3 Å². The Labute approximate surface area is 142 Å². The van der Waals surface area contributed by atoms with Crippen LogP contribution in [0.3, 0.4) is 0 Å². The second-order valence-electron chi connectivity index (χ2n) is 4.80. The second-order valence-corrected chi connectivity index (χ2v) is 5.80. The quantitative estimate of drug-likeness (QED) is 0.447. The number of thiophene rings is 1. The van der Waals surface area contributed by atoms with Crippen LogP contribution in [0, 0.1) is 6.92 Å². The van der Waals surface area contributed by atoms with Crippen LogP contribution in [0.25, 0.3) is 0 Å². The third-order valence-corrected chi connectivity index (χ3v) is 4.41. The molecule has 1 fully saturated rings. The summed E-state index contributed by atoms with van der Waals surface area (Å²) in [7, 11) is 1.81. The van der Waals surface area contributed by atoms with Crippen molar-refractivity contribution in [2.75, 3.05) is 20.2 Å². The molecule has 0 radical (unpaired) electrons. The summed E-state index contributed by atoms with van der Waals surface area (Å²) in [6, 6.07) is 2.15. The monoisotopic (exact) mass is 409 g/mol. The second kappa shape index (κ2) is 9.57. The van der Waals surface area contributed by atoms with Crippen LogP contribution in [0.2, 0.25) is 0 Å². The molecule has 0 bridgehead atoms. The van der Waals surface area contributed by atoms with Crippen LogP contribution in [0.5, 0.6) is 0 Å². The molecule has 1 aromatic heterocycles. The van der Waals surface area contributed by atoms with Crippen molar-refractivity contribution in [1.82, 2.24) is 10.6 Å². The van der Waals surface area contributed by atoms with Gasteiger partial charge in [0.05, 0.1) is 12.6 Å².